The number of carbonyl (C=O) groups is 1. The number of aliphatic hydroxyl groups excluding tert-OH is 2. The van der Waals surface area contributed by atoms with Gasteiger partial charge in [-0.15, -0.1) is 0 Å². The molecular weight excluding hydrogens is 498 g/mol. The Hall–Kier alpha value is -2.65. The molecular formula is C35H47NO4. The maximum Gasteiger partial charge on any atom is 0.253 e. The Morgan fingerprint density at radius 1 is 1.07 bits per heavy atom. The molecule has 0 spiro atoms. The number of amides is 1. The van der Waals surface area contributed by atoms with E-state index in [-0.39, 0.29) is 18.4 Å². The quantitative estimate of drug-likeness (QED) is 0.231. The minimum Gasteiger partial charge on any atom is -0.392 e. The highest BCUT2D eigenvalue weighted by molar-refractivity contribution is 5.94. The average Bonchev–Trinajstić information content (AvgIpc) is 3.48. The van der Waals surface area contributed by atoms with E-state index in [0.29, 0.717) is 43.2 Å². The highest BCUT2D eigenvalue weighted by Gasteiger charge is 2.47. The summed E-state index contributed by atoms with van der Waals surface area (Å²) >= 11 is 0. The second kappa shape index (κ2) is 15.4. The minimum atomic E-state index is -0.612. The number of hydrogen-bond donors (Lipinski definition) is 2. The molecule has 4 unspecified atom stereocenters. The number of ether oxygens (including phenoxy) is 1. The Bertz CT molecular complexity index is 1090. The number of hydrogen-bond acceptors (Lipinski definition) is 4. The molecule has 216 valence electrons. The molecule has 0 heterocycles. The number of nitrogens with zero attached hydrogens (tertiary/aromatic N) is 1. The molecule has 2 aromatic rings. The van der Waals surface area contributed by atoms with E-state index >= 15 is 0 Å². The Labute approximate surface area is 240 Å². The highest BCUT2D eigenvalue weighted by atomic mass is 16.5. The van der Waals surface area contributed by atoms with Gasteiger partial charge in [-0.05, 0) is 73.5 Å². The van der Waals surface area contributed by atoms with Gasteiger partial charge in [0.25, 0.3) is 5.91 Å². The monoisotopic (exact) mass is 545 g/mol. The lowest BCUT2D eigenvalue weighted by Gasteiger charge is -2.23. The summed E-state index contributed by atoms with van der Waals surface area (Å²) in [7, 11) is 0. The maximum atomic E-state index is 13.2. The molecule has 2 saturated carbocycles. The number of unbranched alkanes of at least 4 members (excludes halogenated alkanes) is 1. The molecule has 7 atom stereocenters. The topological polar surface area (TPSA) is 70.0 Å². The van der Waals surface area contributed by atoms with Crippen LogP contribution in [0, 0.1) is 41.4 Å². The molecule has 2 N–H and O–H groups in total. The first-order valence-electron chi connectivity index (χ1n) is 15.3. The fraction of sp³-hybridized carbons (Fsp3) is 0.571. The molecule has 0 saturated heterocycles. The van der Waals surface area contributed by atoms with Crippen molar-refractivity contribution in [2.45, 2.75) is 84.0 Å². The third-order valence-electron chi connectivity index (χ3n) is 8.81. The molecule has 0 bridgehead atoms. The summed E-state index contributed by atoms with van der Waals surface area (Å²) in [6, 6.07) is 19.8. The number of carbonyl (C=O) groups excluding carboxylic acids is 1. The van der Waals surface area contributed by atoms with Crippen LogP contribution in [0.5, 0.6) is 0 Å². The second-order valence-electron chi connectivity index (χ2n) is 12.0. The summed E-state index contributed by atoms with van der Waals surface area (Å²) < 4.78 is 5.91. The first-order valence-corrected chi connectivity index (χ1v) is 15.3. The van der Waals surface area contributed by atoms with Crippen molar-refractivity contribution in [2.75, 3.05) is 18.1 Å². The van der Waals surface area contributed by atoms with Gasteiger partial charge in [0.15, 0.2) is 0 Å². The Kier molecular flexibility index (Phi) is 11.7. The molecule has 0 aliphatic heterocycles. The molecule has 1 amide bonds. The largest absolute Gasteiger partial charge is 0.392 e. The standard InChI is InChI=1S/C35H47NO4/c1-3-4-11-26(2)20-31(37)16-17-32-33-22-28(21-29(33)23-34(32)38)18-19-40-25-35(39)36(30-14-9-6-10-15-30)24-27-12-7-5-8-13-27/h5-10,12-15,26,28-29,31-34,37-38H,3-4,11,18-25H2,1-2H3/t26?,28?,29-,31?,32?,33-,34-/m1/s1. The fourth-order valence-electron chi connectivity index (χ4n) is 6.66. The number of anilines is 1. The van der Waals surface area contributed by atoms with Crippen LogP contribution in [0.3, 0.4) is 0 Å². The van der Waals surface area contributed by atoms with Crippen molar-refractivity contribution >= 4 is 11.6 Å². The third kappa shape index (κ3) is 8.67. The van der Waals surface area contributed by atoms with Crippen molar-refractivity contribution in [3.63, 3.8) is 0 Å². The first kappa shape index (κ1) is 30.3. The number of benzene rings is 2. The van der Waals surface area contributed by atoms with Crippen molar-refractivity contribution in [3.8, 4) is 11.8 Å². The number of aliphatic hydroxyl groups is 2. The predicted molar refractivity (Wildman–Crippen MR) is 160 cm³/mol. The van der Waals surface area contributed by atoms with Crippen LogP contribution in [0.4, 0.5) is 5.69 Å². The lowest BCUT2D eigenvalue weighted by atomic mass is 9.90. The maximum absolute atomic E-state index is 13.2. The second-order valence-corrected chi connectivity index (χ2v) is 12.0. The SMILES string of the molecule is CCCCC(C)CC(O)C#CC1[C@H](O)C[C@H]2CC(CCOCC(=O)N(Cc3ccccc3)c3ccccc3)C[C@@H]12. The zero-order chi connectivity index (χ0) is 28.3. The van der Waals surface area contributed by atoms with E-state index < -0.39 is 12.2 Å². The first-order chi connectivity index (χ1) is 19.4. The van der Waals surface area contributed by atoms with E-state index in [1.54, 1.807) is 4.90 Å². The van der Waals surface area contributed by atoms with Gasteiger partial charge < -0.3 is 19.8 Å². The van der Waals surface area contributed by atoms with Gasteiger partial charge in [0.1, 0.15) is 12.7 Å². The molecule has 2 aliphatic rings. The van der Waals surface area contributed by atoms with Crippen molar-refractivity contribution in [2.24, 2.45) is 29.6 Å². The van der Waals surface area contributed by atoms with Crippen molar-refractivity contribution in [1.82, 2.24) is 0 Å². The van der Waals surface area contributed by atoms with E-state index in [9.17, 15) is 15.0 Å². The molecule has 2 aromatic carbocycles. The smallest absolute Gasteiger partial charge is 0.253 e. The summed E-state index contributed by atoms with van der Waals surface area (Å²) in [4.78, 5) is 15.0. The third-order valence-corrected chi connectivity index (χ3v) is 8.81. The van der Waals surface area contributed by atoms with E-state index in [1.807, 2.05) is 60.7 Å². The molecule has 2 aliphatic carbocycles. The van der Waals surface area contributed by atoms with Gasteiger partial charge in [0.05, 0.1) is 12.6 Å². The van der Waals surface area contributed by atoms with Crippen LogP contribution in [0.2, 0.25) is 0 Å². The lowest BCUT2D eigenvalue weighted by Crippen LogP contribution is -2.33. The number of para-hydroxylation sites is 1. The summed E-state index contributed by atoms with van der Waals surface area (Å²) in [5.74, 6) is 8.13. The lowest BCUT2D eigenvalue weighted by molar-refractivity contribution is -0.123. The van der Waals surface area contributed by atoms with Crippen LogP contribution >= 0.6 is 0 Å². The van der Waals surface area contributed by atoms with Gasteiger partial charge in [-0.25, -0.2) is 0 Å². The van der Waals surface area contributed by atoms with Gasteiger partial charge in [0, 0.05) is 18.2 Å². The van der Waals surface area contributed by atoms with Crippen LogP contribution in [0.25, 0.3) is 0 Å². The van der Waals surface area contributed by atoms with Crippen molar-refractivity contribution in [1.29, 1.82) is 0 Å². The fourth-order valence-corrected chi connectivity index (χ4v) is 6.66. The summed E-state index contributed by atoms with van der Waals surface area (Å²) in [5, 5.41) is 21.1. The van der Waals surface area contributed by atoms with Crippen LogP contribution in [0.1, 0.15) is 70.8 Å². The number of fused-ring (bicyclic) bond motifs is 1. The van der Waals surface area contributed by atoms with Gasteiger partial charge in [-0.2, -0.15) is 0 Å². The van der Waals surface area contributed by atoms with Crippen LogP contribution in [0.15, 0.2) is 60.7 Å². The Balaban J connectivity index is 1.23. The van der Waals surface area contributed by atoms with E-state index in [0.717, 1.165) is 43.4 Å². The van der Waals surface area contributed by atoms with E-state index in [1.165, 1.54) is 12.8 Å². The Morgan fingerprint density at radius 2 is 1.80 bits per heavy atom. The van der Waals surface area contributed by atoms with Crippen molar-refractivity contribution in [3.05, 3.63) is 66.2 Å². The normalized spacial score (nSPS) is 25.1. The minimum absolute atomic E-state index is 0.0422. The van der Waals surface area contributed by atoms with Crippen LogP contribution < -0.4 is 4.90 Å². The van der Waals surface area contributed by atoms with E-state index in [2.05, 4.69) is 25.7 Å². The molecule has 2 fully saturated rings. The summed E-state index contributed by atoms with van der Waals surface area (Å²) in [6.07, 6.45) is 7.01. The molecule has 4 rings (SSSR count). The van der Waals surface area contributed by atoms with Gasteiger partial charge in [-0.1, -0.05) is 93.5 Å². The molecule has 5 nitrogen and oxygen atoms in total. The predicted octanol–water partition coefficient (Wildman–Crippen LogP) is 6.23. The summed E-state index contributed by atoms with van der Waals surface area (Å²) in [6.45, 7) is 5.49. The van der Waals surface area contributed by atoms with E-state index in [4.69, 9.17) is 4.74 Å². The molecule has 40 heavy (non-hydrogen) atoms. The van der Waals surface area contributed by atoms with Crippen LogP contribution in [-0.2, 0) is 16.1 Å². The van der Waals surface area contributed by atoms with Gasteiger partial charge >= 0.3 is 0 Å². The number of rotatable bonds is 13. The average molecular weight is 546 g/mol. The summed E-state index contributed by atoms with van der Waals surface area (Å²) in [5.41, 5.74) is 1.95. The van der Waals surface area contributed by atoms with Crippen LogP contribution in [-0.4, -0.2) is 41.5 Å². The molecule has 0 aromatic heterocycles. The molecule has 5 heteroatoms. The zero-order valence-corrected chi connectivity index (χ0v) is 24.3. The highest BCUT2D eigenvalue weighted by Crippen LogP contribution is 2.50. The zero-order valence-electron chi connectivity index (χ0n) is 24.3. The molecule has 0 radical (unpaired) electrons. The van der Waals surface area contributed by atoms with Gasteiger partial charge in [-0.3, -0.25) is 4.79 Å². The van der Waals surface area contributed by atoms with Crippen molar-refractivity contribution < 1.29 is 19.7 Å². The Morgan fingerprint density at radius 3 is 2.52 bits per heavy atom. The van der Waals surface area contributed by atoms with Gasteiger partial charge in [0.2, 0.25) is 0 Å².